The minimum Gasteiger partial charge on any atom is -0.450 e. The standard InChI is InChI=1S/C4H3F3O3.CH2O3/c1-2(8)10-3(9)4(5,6)7;2-1(3)4/h1H3;(H2,2,3,4). The topological polar surface area (TPSA) is 101 Å². The van der Waals surface area contributed by atoms with Crippen molar-refractivity contribution in [1.29, 1.82) is 0 Å². The number of hydrogen-bond acceptors (Lipinski definition) is 4. The molecule has 0 aliphatic carbocycles. The molecule has 0 atom stereocenters. The number of carbonyl (C=O) groups excluding carboxylic acids is 2. The van der Waals surface area contributed by atoms with Gasteiger partial charge >= 0.3 is 24.3 Å². The Labute approximate surface area is 74.9 Å². The van der Waals surface area contributed by atoms with Gasteiger partial charge in [0.15, 0.2) is 0 Å². The highest BCUT2D eigenvalue weighted by molar-refractivity contribution is 5.87. The Bertz CT molecular complexity index is 228. The lowest BCUT2D eigenvalue weighted by Crippen LogP contribution is -2.26. The first-order valence-corrected chi connectivity index (χ1v) is 2.78. The van der Waals surface area contributed by atoms with Gasteiger partial charge in [-0.1, -0.05) is 0 Å². The van der Waals surface area contributed by atoms with E-state index in [1.54, 1.807) is 0 Å². The van der Waals surface area contributed by atoms with E-state index in [0.717, 1.165) is 0 Å². The third kappa shape index (κ3) is 12.8. The fourth-order valence-corrected chi connectivity index (χ4v) is 0.188. The van der Waals surface area contributed by atoms with Crippen molar-refractivity contribution in [2.24, 2.45) is 0 Å². The first-order valence-electron chi connectivity index (χ1n) is 2.78. The average molecular weight is 218 g/mol. The van der Waals surface area contributed by atoms with Gasteiger partial charge in [0.05, 0.1) is 0 Å². The number of rotatable bonds is 0. The average Bonchev–Trinajstić information content (AvgIpc) is 1.81. The number of ether oxygens (including phenoxy) is 1. The normalized spacial score (nSPS) is 9.43. The third-order valence-corrected chi connectivity index (χ3v) is 0.468. The van der Waals surface area contributed by atoms with Crippen LogP contribution in [0.2, 0.25) is 0 Å². The summed E-state index contributed by atoms with van der Waals surface area (Å²) in [6.45, 7) is 0.712. The first-order chi connectivity index (χ1) is 6.07. The van der Waals surface area contributed by atoms with E-state index >= 15 is 0 Å². The molecule has 82 valence electrons. The molecule has 6 nitrogen and oxygen atoms in total. The predicted octanol–water partition coefficient (Wildman–Crippen LogP) is 0.861. The summed E-state index contributed by atoms with van der Waals surface area (Å²) in [7, 11) is 0. The van der Waals surface area contributed by atoms with Crippen molar-refractivity contribution in [2.75, 3.05) is 0 Å². The lowest BCUT2D eigenvalue weighted by Gasteiger charge is -2.01. The fourth-order valence-electron chi connectivity index (χ4n) is 0.188. The van der Waals surface area contributed by atoms with Gasteiger partial charge in [-0.3, -0.25) is 4.79 Å². The van der Waals surface area contributed by atoms with Gasteiger partial charge in [0.25, 0.3) is 0 Å². The molecule has 0 saturated carbocycles. The van der Waals surface area contributed by atoms with E-state index in [9.17, 15) is 22.8 Å². The second kappa shape index (κ2) is 5.78. The Morgan fingerprint density at radius 1 is 1.14 bits per heavy atom. The maximum atomic E-state index is 11.2. The summed E-state index contributed by atoms with van der Waals surface area (Å²) in [4.78, 5) is 28.0. The summed E-state index contributed by atoms with van der Waals surface area (Å²) in [5.74, 6) is -3.76. The molecule has 0 rings (SSSR count). The summed E-state index contributed by atoms with van der Waals surface area (Å²) in [6.07, 6.45) is -6.92. The largest absolute Gasteiger partial charge is 0.503 e. The molecule has 0 aromatic rings. The summed E-state index contributed by atoms with van der Waals surface area (Å²) in [6, 6.07) is 0. The van der Waals surface area contributed by atoms with Gasteiger partial charge in [0.2, 0.25) is 0 Å². The molecular formula is C5H5F3O6. The van der Waals surface area contributed by atoms with Crippen molar-refractivity contribution in [2.45, 2.75) is 13.1 Å². The van der Waals surface area contributed by atoms with Crippen LogP contribution >= 0.6 is 0 Å². The van der Waals surface area contributed by atoms with Gasteiger partial charge in [0, 0.05) is 6.92 Å². The molecule has 0 unspecified atom stereocenters. The molecule has 2 N–H and O–H groups in total. The minimum absolute atomic E-state index is 0.712. The maximum absolute atomic E-state index is 11.2. The molecule has 0 aromatic heterocycles. The number of carboxylic acid groups (broad SMARTS) is 2. The fraction of sp³-hybridized carbons (Fsp3) is 0.400. The zero-order valence-corrected chi connectivity index (χ0v) is 6.66. The van der Waals surface area contributed by atoms with Crippen molar-refractivity contribution >= 4 is 18.1 Å². The smallest absolute Gasteiger partial charge is 0.450 e. The first kappa shape index (κ1) is 14.7. The van der Waals surface area contributed by atoms with Crippen molar-refractivity contribution < 1.29 is 42.5 Å². The van der Waals surface area contributed by atoms with Crippen molar-refractivity contribution in [3.05, 3.63) is 0 Å². The van der Waals surface area contributed by atoms with Crippen LogP contribution < -0.4 is 0 Å². The highest BCUT2D eigenvalue weighted by Gasteiger charge is 2.41. The van der Waals surface area contributed by atoms with E-state index < -0.39 is 24.3 Å². The van der Waals surface area contributed by atoms with E-state index in [1.807, 2.05) is 0 Å². The monoisotopic (exact) mass is 218 g/mol. The Hall–Kier alpha value is -1.80. The van der Waals surface area contributed by atoms with Crippen LogP contribution in [0.1, 0.15) is 6.92 Å². The predicted molar refractivity (Wildman–Crippen MR) is 33.5 cm³/mol. The molecule has 9 heteroatoms. The van der Waals surface area contributed by atoms with Gasteiger partial charge in [-0.25, -0.2) is 9.59 Å². The summed E-state index contributed by atoms with van der Waals surface area (Å²) < 4.78 is 36.8. The van der Waals surface area contributed by atoms with Crippen LogP contribution in [-0.4, -0.2) is 34.5 Å². The summed E-state index contributed by atoms with van der Waals surface area (Å²) in [5, 5.41) is 13.9. The van der Waals surface area contributed by atoms with Crippen molar-refractivity contribution in [1.82, 2.24) is 0 Å². The molecule has 0 amide bonds. The zero-order chi connectivity index (χ0) is 11.9. The van der Waals surface area contributed by atoms with Crippen LogP contribution in [0.15, 0.2) is 0 Å². The van der Waals surface area contributed by atoms with E-state index in [0.29, 0.717) is 6.92 Å². The van der Waals surface area contributed by atoms with Gasteiger partial charge < -0.3 is 14.9 Å². The van der Waals surface area contributed by atoms with E-state index in [-0.39, 0.29) is 0 Å². The highest BCUT2D eigenvalue weighted by atomic mass is 19.4. The maximum Gasteiger partial charge on any atom is 0.503 e. The Kier molecular flexibility index (Phi) is 6.07. The lowest BCUT2D eigenvalue weighted by atomic mass is 10.6. The molecule has 14 heavy (non-hydrogen) atoms. The molecule has 0 radical (unpaired) electrons. The molecule has 0 spiro atoms. The number of hydrogen-bond donors (Lipinski definition) is 2. The second-order valence-electron chi connectivity index (χ2n) is 1.66. The molecule has 0 saturated heterocycles. The van der Waals surface area contributed by atoms with Gasteiger partial charge in [-0.15, -0.1) is 0 Å². The molecule has 0 fully saturated rings. The van der Waals surface area contributed by atoms with Gasteiger partial charge in [-0.05, 0) is 0 Å². The van der Waals surface area contributed by atoms with E-state index in [1.165, 1.54) is 0 Å². The molecular weight excluding hydrogens is 213 g/mol. The Balaban J connectivity index is 0. The highest BCUT2D eigenvalue weighted by Crippen LogP contribution is 2.16. The molecule has 0 bridgehead atoms. The summed E-state index contributed by atoms with van der Waals surface area (Å²) in [5.41, 5.74) is 0. The van der Waals surface area contributed by atoms with Crippen LogP contribution in [-0.2, 0) is 14.3 Å². The Morgan fingerprint density at radius 2 is 1.43 bits per heavy atom. The molecule has 0 aliphatic rings. The number of carbonyl (C=O) groups is 3. The van der Waals surface area contributed by atoms with E-state index in [4.69, 9.17) is 15.0 Å². The van der Waals surface area contributed by atoms with Gasteiger partial charge in [-0.2, -0.15) is 13.2 Å². The number of halogens is 3. The Morgan fingerprint density at radius 3 is 1.50 bits per heavy atom. The van der Waals surface area contributed by atoms with Crippen LogP contribution in [0.3, 0.4) is 0 Å². The number of esters is 2. The zero-order valence-electron chi connectivity index (χ0n) is 6.66. The van der Waals surface area contributed by atoms with Crippen LogP contribution in [0, 0.1) is 0 Å². The molecule has 0 heterocycles. The minimum atomic E-state index is -5.09. The van der Waals surface area contributed by atoms with Crippen LogP contribution in [0.5, 0.6) is 0 Å². The second-order valence-corrected chi connectivity index (χ2v) is 1.66. The van der Waals surface area contributed by atoms with Crippen molar-refractivity contribution in [3.8, 4) is 0 Å². The quantitative estimate of drug-likeness (QED) is 0.461. The van der Waals surface area contributed by atoms with Gasteiger partial charge in [0.1, 0.15) is 0 Å². The van der Waals surface area contributed by atoms with E-state index in [2.05, 4.69) is 4.74 Å². The summed E-state index contributed by atoms with van der Waals surface area (Å²) >= 11 is 0. The molecule has 0 aromatic carbocycles. The van der Waals surface area contributed by atoms with Crippen LogP contribution in [0.25, 0.3) is 0 Å². The van der Waals surface area contributed by atoms with Crippen LogP contribution in [0.4, 0.5) is 18.0 Å². The number of alkyl halides is 3. The lowest BCUT2D eigenvalue weighted by molar-refractivity contribution is -0.201. The SMILES string of the molecule is CC(=O)OC(=O)C(F)(F)F.O=C(O)O. The molecule has 0 aliphatic heterocycles. The van der Waals surface area contributed by atoms with Crippen molar-refractivity contribution in [3.63, 3.8) is 0 Å². The third-order valence-electron chi connectivity index (χ3n) is 0.468.